The van der Waals surface area contributed by atoms with Crippen molar-refractivity contribution in [3.63, 3.8) is 0 Å². The highest BCUT2D eigenvalue weighted by molar-refractivity contribution is 5.86. The van der Waals surface area contributed by atoms with E-state index in [1.807, 2.05) is 13.8 Å². The molecule has 0 aromatic carbocycles. The molecule has 0 rings (SSSR count). The SMILES string of the molecule is COC(=O)CCN(C)C(=O)C(CC(C)C)NC(N)=O. The molecule has 0 saturated carbocycles. The van der Waals surface area contributed by atoms with E-state index in [0.29, 0.717) is 6.42 Å². The van der Waals surface area contributed by atoms with E-state index < -0.39 is 12.1 Å². The first-order valence-electron chi connectivity index (χ1n) is 6.15. The third-order valence-corrected chi connectivity index (χ3v) is 2.58. The van der Waals surface area contributed by atoms with Crippen molar-refractivity contribution in [1.29, 1.82) is 0 Å². The molecule has 3 amide bonds. The first-order chi connectivity index (χ1) is 8.77. The summed E-state index contributed by atoms with van der Waals surface area (Å²) in [5.74, 6) is -0.422. The molecule has 7 nitrogen and oxygen atoms in total. The molecule has 0 aromatic rings. The number of carbonyl (C=O) groups excluding carboxylic acids is 3. The number of hydrogen-bond acceptors (Lipinski definition) is 4. The number of likely N-dealkylation sites (N-methyl/N-ethyl adjacent to an activating group) is 1. The molecular formula is C12H23N3O4. The molecule has 0 aliphatic carbocycles. The van der Waals surface area contributed by atoms with E-state index in [9.17, 15) is 14.4 Å². The molecule has 0 spiro atoms. The maximum atomic E-state index is 12.1. The standard InChI is InChI=1S/C12H23N3O4/c1-8(2)7-9(14-12(13)18)11(17)15(3)6-5-10(16)19-4/h8-9H,5-7H2,1-4H3,(H3,13,14,18). The predicted molar refractivity (Wildman–Crippen MR) is 70.2 cm³/mol. The van der Waals surface area contributed by atoms with Crippen molar-refractivity contribution in [2.75, 3.05) is 20.7 Å². The number of methoxy groups -OCH3 is 1. The third kappa shape index (κ3) is 7.28. The summed E-state index contributed by atoms with van der Waals surface area (Å²) in [6.07, 6.45) is 0.605. The minimum atomic E-state index is -0.736. The molecule has 3 N–H and O–H groups in total. The Labute approximate surface area is 113 Å². The van der Waals surface area contributed by atoms with E-state index in [4.69, 9.17) is 5.73 Å². The van der Waals surface area contributed by atoms with Crippen molar-refractivity contribution in [3.05, 3.63) is 0 Å². The van der Waals surface area contributed by atoms with E-state index in [-0.39, 0.29) is 30.8 Å². The van der Waals surface area contributed by atoms with Crippen LogP contribution in [0, 0.1) is 5.92 Å². The van der Waals surface area contributed by atoms with Crippen molar-refractivity contribution in [3.8, 4) is 0 Å². The van der Waals surface area contributed by atoms with Gasteiger partial charge in [-0.2, -0.15) is 0 Å². The van der Waals surface area contributed by atoms with Crippen molar-refractivity contribution in [2.24, 2.45) is 11.7 Å². The summed E-state index contributed by atoms with van der Waals surface area (Å²) in [7, 11) is 2.86. The largest absolute Gasteiger partial charge is 0.469 e. The number of rotatable bonds is 7. The molecule has 1 unspecified atom stereocenters. The van der Waals surface area contributed by atoms with Crippen LogP contribution in [0.3, 0.4) is 0 Å². The fourth-order valence-electron chi connectivity index (χ4n) is 1.60. The Morgan fingerprint density at radius 2 is 1.89 bits per heavy atom. The van der Waals surface area contributed by atoms with E-state index in [0.717, 1.165) is 0 Å². The van der Waals surface area contributed by atoms with Crippen LogP contribution in [0.2, 0.25) is 0 Å². The fraction of sp³-hybridized carbons (Fsp3) is 0.750. The Hall–Kier alpha value is -1.79. The van der Waals surface area contributed by atoms with Crippen LogP contribution >= 0.6 is 0 Å². The molecule has 7 heteroatoms. The van der Waals surface area contributed by atoms with E-state index in [1.54, 1.807) is 7.05 Å². The number of ether oxygens (including phenoxy) is 1. The number of nitrogens with two attached hydrogens (primary N) is 1. The van der Waals surface area contributed by atoms with Gasteiger partial charge < -0.3 is 20.7 Å². The van der Waals surface area contributed by atoms with Crippen molar-refractivity contribution >= 4 is 17.9 Å². The zero-order valence-corrected chi connectivity index (χ0v) is 11.9. The summed E-state index contributed by atoms with van der Waals surface area (Å²) in [6, 6.07) is -1.40. The lowest BCUT2D eigenvalue weighted by Crippen LogP contribution is -2.50. The van der Waals surface area contributed by atoms with Gasteiger partial charge in [0.1, 0.15) is 6.04 Å². The molecule has 1 atom stereocenters. The summed E-state index contributed by atoms with van der Waals surface area (Å²) in [4.78, 5) is 35.4. The highest BCUT2D eigenvalue weighted by Gasteiger charge is 2.24. The number of esters is 1. The van der Waals surface area contributed by atoms with Gasteiger partial charge in [0.15, 0.2) is 0 Å². The average molecular weight is 273 g/mol. The first-order valence-corrected chi connectivity index (χ1v) is 6.15. The Morgan fingerprint density at radius 3 is 2.32 bits per heavy atom. The smallest absolute Gasteiger partial charge is 0.312 e. The zero-order valence-electron chi connectivity index (χ0n) is 11.9. The highest BCUT2D eigenvalue weighted by Crippen LogP contribution is 2.07. The second-order valence-corrected chi connectivity index (χ2v) is 4.78. The lowest BCUT2D eigenvalue weighted by atomic mass is 10.0. The molecule has 0 radical (unpaired) electrons. The van der Waals surface area contributed by atoms with Crippen LogP contribution < -0.4 is 11.1 Å². The van der Waals surface area contributed by atoms with Crippen molar-refractivity contribution < 1.29 is 19.1 Å². The van der Waals surface area contributed by atoms with Gasteiger partial charge in [0, 0.05) is 13.6 Å². The van der Waals surface area contributed by atoms with Crippen LogP contribution in [-0.4, -0.2) is 49.6 Å². The van der Waals surface area contributed by atoms with Crippen LogP contribution in [0.4, 0.5) is 4.79 Å². The molecule has 0 heterocycles. The lowest BCUT2D eigenvalue weighted by molar-refractivity contribution is -0.141. The number of carbonyl (C=O) groups is 3. The molecule has 0 aromatic heterocycles. The number of nitrogens with zero attached hydrogens (tertiary/aromatic N) is 1. The number of nitrogens with one attached hydrogen (secondary N) is 1. The molecule has 110 valence electrons. The minimum Gasteiger partial charge on any atom is -0.469 e. The van der Waals surface area contributed by atoms with Gasteiger partial charge in [0.2, 0.25) is 5.91 Å². The summed E-state index contributed by atoms with van der Waals surface area (Å²) in [6.45, 7) is 4.12. The van der Waals surface area contributed by atoms with Gasteiger partial charge in [-0.1, -0.05) is 13.8 Å². The number of urea groups is 1. The van der Waals surface area contributed by atoms with E-state index in [1.165, 1.54) is 12.0 Å². The minimum absolute atomic E-state index is 0.115. The summed E-state index contributed by atoms with van der Waals surface area (Å²) in [5, 5.41) is 2.42. The Morgan fingerprint density at radius 1 is 1.32 bits per heavy atom. The second-order valence-electron chi connectivity index (χ2n) is 4.78. The van der Waals surface area contributed by atoms with Crippen LogP contribution in [0.5, 0.6) is 0 Å². The molecular weight excluding hydrogens is 250 g/mol. The predicted octanol–water partition coefficient (Wildman–Crippen LogP) is 0.0909. The number of amides is 3. The number of hydrogen-bond donors (Lipinski definition) is 2. The molecule has 0 aliphatic heterocycles. The van der Waals surface area contributed by atoms with Crippen LogP contribution in [-0.2, 0) is 14.3 Å². The monoisotopic (exact) mass is 273 g/mol. The topological polar surface area (TPSA) is 102 Å². The van der Waals surface area contributed by atoms with Crippen molar-refractivity contribution in [1.82, 2.24) is 10.2 Å². The molecule has 0 saturated heterocycles. The summed E-state index contributed by atoms with van der Waals surface area (Å²) in [5.41, 5.74) is 5.06. The maximum Gasteiger partial charge on any atom is 0.312 e. The zero-order chi connectivity index (χ0) is 15.0. The van der Waals surface area contributed by atoms with Crippen LogP contribution in [0.15, 0.2) is 0 Å². The molecule has 19 heavy (non-hydrogen) atoms. The van der Waals surface area contributed by atoms with Crippen LogP contribution in [0.25, 0.3) is 0 Å². The maximum absolute atomic E-state index is 12.1. The van der Waals surface area contributed by atoms with Crippen molar-refractivity contribution in [2.45, 2.75) is 32.7 Å². The van der Waals surface area contributed by atoms with Gasteiger partial charge in [-0.25, -0.2) is 4.79 Å². The first kappa shape index (κ1) is 17.2. The normalized spacial score (nSPS) is 11.8. The highest BCUT2D eigenvalue weighted by atomic mass is 16.5. The fourth-order valence-corrected chi connectivity index (χ4v) is 1.60. The van der Waals surface area contributed by atoms with Gasteiger partial charge >= 0.3 is 12.0 Å². The molecule has 0 fully saturated rings. The van der Waals surface area contributed by atoms with Gasteiger partial charge in [-0.15, -0.1) is 0 Å². The quantitative estimate of drug-likeness (QED) is 0.642. The molecule has 0 bridgehead atoms. The Balaban J connectivity index is 4.50. The van der Waals surface area contributed by atoms with Gasteiger partial charge in [0.25, 0.3) is 0 Å². The summed E-state index contributed by atoms with van der Waals surface area (Å²) < 4.78 is 4.50. The lowest BCUT2D eigenvalue weighted by Gasteiger charge is -2.24. The van der Waals surface area contributed by atoms with Gasteiger partial charge in [-0.05, 0) is 12.3 Å². The van der Waals surface area contributed by atoms with E-state index in [2.05, 4.69) is 10.1 Å². The van der Waals surface area contributed by atoms with Crippen LogP contribution in [0.1, 0.15) is 26.7 Å². The van der Waals surface area contributed by atoms with Gasteiger partial charge in [-0.3, -0.25) is 9.59 Å². The third-order valence-electron chi connectivity index (χ3n) is 2.58. The Kier molecular flexibility index (Phi) is 7.55. The number of primary amides is 1. The van der Waals surface area contributed by atoms with Gasteiger partial charge in [0.05, 0.1) is 13.5 Å². The Bertz CT molecular complexity index is 331. The summed E-state index contributed by atoms with van der Waals surface area (Å²) >= 11 is 0. The second kappa shape index (κ2) is 8.34. The average Bonchev–Trinajstić information content (AvgIpc) is 2.32. The molecule has 0 aliphatic rings. The van der Waals surface area contributed by atoms with E-state index >= 15 is 0 Å².